The van der Waals surface area contributed by atoms with Crippen LogP contribution in [0.2, 0.25) is 0 Å². The molecule has 28 heavy (non-hydrogen) atoms. The van der Waals surface area contributed by atoms with Gasteiger partial charge in [-0.05, 0) is 43.3 Å². The first-order valence-corrected chi connectivity index (χ1v) is 10.2. The van der Waals surface area contributed by atoms with E-state index in [2.05, 4.69) is 41.2 Å². The van der Waals surface area contributed by atoms with Gasteiger partial charge in [-0.1, -0.05) is 29.8 Å². The van der Waals surface area contributed by atoms with Crippen molar-refractivity contribution < 1.29 is 9.90 Å². The number of aromatic nitrogens is 3. The van der Waals surface area contributed by atoms with E-state index in [1.165, 1.54) is 22.0 Å². The van der Waals surface area contributed by atoms with Crippen molar-refractivity contribution in [3.8, 4) is 22.5 Å². The summed E-state index contributed by atoms with van der Waals surface area (Å²) in [5.41, 5.74) is 5.19. The highest BCUT2D eigenvalue weighted by Crippen LogP contribution is 2.42. The van der Waals surface area contributed by atoms with Crippen molar-refractivity contribution in [2.45, 2.75) is 25.7 Å². The standard InChI is InChI=1S/C21H22N4O2S/c1-14-2-4-15(5-3-14)20-19(17-6-9-22-13-23-17)21(28-24-20)16-7-10-25(11-8-16)18(27)12-26/h2-6,9,13,16,26H,7-8,10-12H2,1H3. The van der Waals surface area contributed by atoms with Crippen LogP contribution >= 0.6 is 11.5 Å². The monoisotopic (exact) mass is 394 g/mol. The molecule has 0 radical (unpaired) electrons. The molecule has 2 aromatic heterocycles. The predicted octanol–water partition coefficient (Wildman–Crippen LogP) is 3.27. The van der Waals surface area contributed by atoms with E-state index in [0.717, 1.165) is 35.4 Å². The third-order valence-electron chi connectivity index (χ3n) is 5.24. The molecule has 0 bridgehead atoms. The number of hydrogen-bond acceptors (Lipinski definition) is 6. The highest BCUT2D eigenvalue weighted by Gasteiger charge is 2.29. The van der Waals surface area contributed by atoms with Gasteiger partial charge in [-0.3, -0.25) is 4.79 Å². The SMILES string of the molecule is Cc1ccc(-c2nsc(C3CCN(C(=O)CO)CC3)c2-c2ccncn2)cc1. The number of hydrogen-bond donors (Lipinski definition) is 1. The summed E-state index contributed by atoms with van der Waals surface area (Å²) in [5, 5.41) is 9.10. The number of likely N-dealkylation sites (tertiary alicyclic amines) is 1. The van der Waals surface area contributed by atoms with Gasteiger partial charge in [-0.15, -0.1) is 0 Å². The second-order valence-corrected chi connectivity index (χ2v) is 7.85. The summed E-state index contributed by atoms with van der Waals surface area (Å²) in [6.07, 6.45) is 5.04. The average molecular weight is 395 g/mol. The lowest BCUT2D eigenvalue weighted by Gasteiger charge is -2.31. The molecule has 0 saturated carbocycles. The van der Waals surface area contributed by atoms with Gasteiger partial charge < -0.3 is 10.0 Å². The molecule has 0 spiro atoms. The lowest BCUT2D eigenvalue weighted by Crippen LogP contribution is -2.39. The molecule has 0 aliphatic carbocycles. The van der Waals surface area contributed by atoms with Gasteiger partial charge in [0.15, 0.2) is 0 Å². The van der Waals surface area contributed by atoms with Crippen LogP contribution in [0.15, 0.2) is 42.9 Å². The highest BCUT2D eigenvalue weighted by molar-refractivity contribution is 7.06. The predicted molar refractivity (Wildman–Crippen MR) is 109 cm³/mol. The van der Waals surface area contributed by atoms with Gasteiger partial charge in [-0.25, -0.2) is 9.97 Å². The second-order valence-electron chi connectivity index (χ2n) is 7.04. The number of benzene rings is 1. The number of carbonyl (C=O) groups is 1. The Morgan fingerprint density at radius 2 is 1.96 bits per heavy atom. The molecule has 0 unspecified atom stereocenters. The number of carbonyl (C=O) groups excluding carboxylic acids is 1. The quantitative estimate of drug-likeness (QED) is 0.735. The molecular weight excluding hydrogens is 372 g/mol. The Hall–Kier alpha value is -2.64. The normalized spacial score (nSPS) is 15.0. The largest absolute Gasteiger partial charge is 0.387 e. The molecule has 1 amide bonds. The van der Waals surface area contributed by atoms with Gasteiger partial charge in [-0.2, -0.15) is 4.37 Å². The minimum Gasteiger partial charge on any atom is -0.387 e. The minimum atomic E-state index is -0.422. The molecule has 6 nitrogen and oxygen atoms in total. The second kappa shape index (κ2) is 8.16. The summed E-state index contributed by atoms with van der Waals surface area (Å²) in [6, 6.07) is 10.3. The van der Waals surface area contributed by atoms with E-state index in [9.17, 15) is 4.79 Å². The third kappa shape index (κ3) is 3.68. The molecule has 1 aliphatic heterocycles. The first-order chi connectivity index (χ1) is 13.7. The van der Waals surface area contributed by atoms with E-state index >= 15 is 0 Å². The van der Waals surface area contributed by atoms with Crippen molar-refractivity contribution in [2.75, 3.05) is 19.7 Å². The number of amides is 1. The molecule has 0 atom stereocenters. The highest BCUT2D eigenvalue weighted by atomic mass is 32.1. The van der Waals surface area contributed by atoms with Crippen molar-refractivity contribution >= 4 is 17.4 Å². The zero-order valence-corrected chi connectivity index (χ0v) is 16.5. The molecule has 1 aliphatic rings. The van der Waals surface area contributed by atoms with Crippen molar-refractivity contribution in [1.29, 1.82) is 0 Å². The smallest absolute Gasteiger partial charge is 0.248 e. The Morgan fingerprint density at radius 3 is 2.61 bits per heavy atom. The van der Waals surface area contributed by atoms with Gasteiger partial charge in [0.1, 0.15) is 12.9 Å². The molecule has 1 fully saturated rings. The van der Waals surface area contributed by atoms with Gasteiger partial charge in [0.2, 0.25) is 5.91 Å². The van der Waals surface area contributed by atoms with Crippen LogP contribution in [-0.2, 0) is 4.79 Å². The van der Waals surface area contributed by atoms with E-state index in [-0.39, 0.29) is 5.91 Å². The number of aliphatic hydroxyl groups is 1. The molecular formula is C21H22N4O2S. The van der Waals surface area contributed by atoms with Crippen LogP contribution in [0.3, 0.4) is 0 Å². The van der Waals surface area contributed by atoms with Crippen molar-refractivity contribution in [2.24, 2.45) is 0 Å². The van der Waals surface area contributed by atoms with E-state index < -0.39 is 6.61 Å². The summed E-state index contributed by atoms with van der Waals surface area (Å²) >= 11 is 1.53. The summed E-state index contributed by atoms with van der Waals surface area (Å²) in [5.74, 6) is 0.128. The number of piperidine rings is 1. The van der Waals surface area contributed by atoms with Crippen LogP contribution in [0, 0.1) is 6.92 Å². The molecule has 7 heteroatoms. The fourth-order valence-corrected chi connectivity index (χ4v) is 4.73. The number of nitrogens with zero attached hydrogens (tertiary/aromatic N) is 4. The van der Waals surface area contributed by atoms with Crippen molar-refractivity contribution in [1.82, 2.24) is 19.2 Å². The lowest BCUT2D eigenvalue weighted by atomic mass is 9.90. The van der Waals surface area contributed by atoms with Gasteiger partial charge >= 0.3 is 0 Å². The molecule has 144 valence electrons. The molecule has 3 heterocycles. The first-order valence-electron chi connectivity index (χ1n) is 9.39. The van der Waals surface area contributed by atoms with Crippen molar-refractivity contribution in [3.05, 3.63) is 53.3 Å². The summed E-state index contributed by atoms with van der Waals surface area (Å²) in [4.78, 5) is 23.3. The zero-order valence-electron chi connectivity index (χ0n) is 15.7. The number of aliphatic hydroxyl groups excluding tert-OH is 1. The maximum absolute atomic E-state index is 11.8. The molecule has 4 rings (SSSR count). The Balaban J connectivity index is 1.70. The van der Waals surface area contributed by atoms with Crippen LogP contribution in [0.5, 0.6) is 0 Å². The van der Waals surface area contributed by atoms with Crippen LogP contribution in [0.4, 0.5) is 0 Å². The van der Waals surface area contributed by atoms with Crippen LogP contribution < -0.4 is 0 Å². The number of aryl methyl sites for hydroxylation is 1. The topological polar surface area (TPSA) is 79.2 Å². The Morgan fingerprint density at radius 1 is 1.21 bits per heavy atom. The van der Waals surface area contributed by atoms with Gasteiger partial charge in [0, 0.05) is 35.3 Å². The summed E-state index contributed by atoms with van der Waals surface area (Å²) in [7, 11) is 0. The molecule has 1 aromatic carbocycles. The molecule has 1 saturated heterocycles. The molecule has 1 N–H and O–H groups in total. The Labute approximate surface area is 168 Å². The minimum absolute atomic E-state index is 0.195. The number of rotatable bonds is 4. The Kier molecular flexibility index (Phi) is 5.45. The van der Waals surface area contributed by atoms with E-state index in [0.29, 0.717) is 19.0 Å². The maximum atomic E-state index is 11.8. The Bertz CT molecular complexity index is 948. The van der Waals surface area contributed by atoms with Gasteiger partial charge in [0.25, 0.3) is 0 Å². The van der Waals surface area contributed by atoms with E-state index in [1.54, 1.807) is 17.4 Å². The third-order valence-corrected chi connectivity index (χ3v) is 6.24. The average Bonchev–Trinajstić information content (AvgIpc) is 3.19. The van der Waals surface area contributed by atoms with E-state index in [4.69, 9.17) is 9.48 Å². The van der Waals surface area contributed by atoms with Gasteiger partial charge in [0.05, 0.1) is 11.4 Å². The zero-order chi connectivity index (χ0) is 19.5. The van der Waals surface area contributed by atoms with Crippen LogP contribution in [0.1, 0.15) is 29.2 Å². The lowest BCUT2D eigenvalue weighted by molar-refractivity contribution is -0.135. The fraction of sp³-hybridized carbons (Fsp3) is 0.333. The summed E-state index contributed by atoms with van der Waals surface area (Å²) in [6.45, 7) is 2.97. The van der Waals surface area contributed by atoms with Crippen molar-refractivity contribution in [3.63, 3.8) is 0 Å². The van der Waals surface area contributed by atoms with E-state index in [1.807, 2.05) is 6.07 Å². The maximum Gasteiger partial charge on any atom is 0.248 e. The fourth-order valence-electron chi connectivity index (χ4n) is 3.67. The summed E-state index contributed by atoms with van der Waals surface area (Å²) < 4.78 is 4.80. The first kappa shape index (κ1) is 18.7. The van der Waals surface area contributed by atoms with Crippen LogP contribution in [0.25, 0.3) is 22.5 Å². The molecule has 3 aromatic rings. The van der Waals surface area contributed by atoms with Crippen LogP contribution in [-0.4, -0.2) is 50.0 Å².